The number of aliphatic hydroxyl groups excluding tert-OH is 1. The highest BCUT2D eigenvalue weighted by atomic mass is 35.5. The molecular weight excluding hydrogens is 302 g/mol. The van der Waals surface area contributed by atoms with Crippen LogP contribution in [0.3, 0.4) is 0 Å². The summed E-state index contributed by atoms with van der Waals surface area (Å²) in [6, 6.07) is 7.18. The van der Waals surface area contributed by atoms with E-state index in [1.165, 1.54) is 0 Å². The monoisotopic (exact) mass is 325 g/mol. The van der Waals surface area contributed by atoms with Crippen LogP contribution in [0.1, 0.15) is 24.8 Å². The minimum Gasteiger partial charge on any atom is -0.393 e. The normalized spacial score (nSPS) is 17.5. The minimum atomic E-state index is -0.479. The van der Waals surface area contributed by atoms with Gasteiger partial charge in [0.1, 0.15) is 0 Å². The second-order valence-electron chi connectivity index (χ2n) is 5.75. The summed E-state index contributed by atoms with van der Waals surface area (Å²) in [5.74, 6) is -0.0137. The maximum atomic E-state index is 12.2. The number of piperidine rings is 1. The molecule has 4 N–H and O–H groups in total. The molecule has 2 rings (SSSR count). The standard InChI is InChI=1S/C16H24ClN3O2/c17-13-3-1-12(2-4-13)11-19-8-5-15(18)16(22)20-9-6-14(21)7-10-20/h1-4,14-15,19,21H,5-11,18H2/t15-/m0/s1. The van der Waals surface area contributed by atoms with Crippen LogP contribution in [-0.4, -0.2) is 47.7 Å². The Morgan fingerprint density at radius 1 is 1.36 bits per heavy atom. The number of carbonyl (C=O) groups excluding carboxylic acids is 1. The second-order valence-corrected chi connectivity index (χ2v) is 6.19. The molecule has 0 aliphatic carbocycles. The first-order valence-corrected chi connectivity index (χ1v) is 8.11. The molecule has 1 heterocycles. The third-order valence-electron chi connectivity index (χ3n) is 3.97. The summed E-state index contributed by atoms with van der Waals surface area (Å²) in [6.07, 6.45) is 1.62. The van der Waals surface area contributed by atoms with Crippen molar-refractivity contribution in [1.82, 2.24) is 10.2 Å². The van der Waals surface area contributed by atoms with Crippen LogP contribution in [0.4, 0.5) is 0 Å². The van der Waals surface area contributed by atoms with Crippen LogP contribution in [0.2, 0.25) is 5.02 Å². The lowest BCUT2D eigenvalue weighted by atomic mass is 10.1. The molecule has 1 aliphatic heterocycles. The molecule has 5 nitrogen and oxygen atoms in total. The van der Waals surface area contributed by atoms with Crippen LogP contribution in [0.15, 0.2) is 24.3 Å². The van der Waals surface area contributed by atoms with E-state index in [2.05, 4.69) is 5.32 Å². The van der Waals surface area contributed by atoms with E-state index >= 15 is 0 Å². The van der Waals surface area contributed by atoms with Gasteiger partial charge in [-0.25, -0.2) is 0 Å². The SMILES string of the molecule is N[C@@H](CCNCc1ccc(Cl)cc1)C(=O)N1CCC(O)CC1. The number of halogens is 1. The van der Waals surface area contributed by atoms with Gasteiger partial charge in [-0.3, -0.25) is 4.79 Å². The molecule has 22 heavy (non-hydrogen) atoms. The smallest absolute Gasteiger partial charge is 0.239 e. The largest absolute Gasteiger partial charge is 0.393 e. The average Bonchev–Trinajstić information content (AvgIpc) is 2.53. The summed E-state index contributed by atoms with van der Waals surface area (Å²) < 4.78 is 0. The van der Waals surface area contributed by atoms with Gasteiger partial charge in [-0.05, 0) is 43.5 Å². The number of nitrogens with two attached hydrogens (primary N) is 1. The van der Waals surface area contributed by atoms with Crippen molar-refractivity contribution in [3.63, 3.8) is 0 Å². The van der Waals surface area contributed by atoms with E-state index in [9.17, 15) is 9.90 Å². The molecule has 1 aliphatic rings. The van der Waals surface area contributed by atoms with Gasteiger partial charge in [0.15, 0.2) is 0 Å². The van der Waals surface area contributed by atoms with Gasteiger partial charge in [-0.1, -0.05) is 23.7 Å². The highest BCUT2D eigenvalue weighted by Crippen LogP contribution is 2.11. The quantitative estimate of drug-likeness (QED) is 0.685. The molecule has 1 fully saturated rings. The van der Waals surface area contributed by atoms with Crippen LogP contribution in [0, 0.1) is 0 Å². The van der Waals surface area contributed by atoms with Crippen LogP contribution in [-0.2, 0) is 11.3 Å². The topological polar surface area (TPSA) is 78.6 Å². The zero-order valence-corrected chi connectivity index (χ0v) is 13.4. The molecule has 0 saturated carbocycles. The predicted molar refractivity (Wildman–Crippen MR) is 87.6 cm³/mol. The van der Waals surface area contributed by atoms with Gasteiger partial charge >= 0.3 is 0 Å². The summed E-state index contributed by atoms with van der Waals surface area (Å²) in [6.45, 7) is 2.62. The van der Waals surface area contributed by atoms with E-state index < -0.39 is 6.04 Å². The predicted octanol–water partition coefficient (Wildman–Crippen LogP) is 1.13. The van der Waals surface area contributed by atoms with Crippen LogP contribution in [0.25, 0.3) is 0 Å². The number of aliphatic hydroxyl groups is 1. The zero-order valence-electron chi connectivity index (χ0n) is 12.7. The Morgan fingerprint density at radius 3 is 2.64 bits per heavy atom. The van der Waals surface area contributed by atoms with Crippen molar-refractivity contribution in [1.29, 1.82) is 0 Å². The number of hydrogen-bond acceptors (Lipinski definition) is 4. The number of nitrogens with one attached hydrogen (secondary N) is 1. The number of nitrogens with zero attached hydrogens (tertiary/aromatic N) is 1. The van der Waals surface area contributed by atoms with Crippen LogP contribution in [0.5, 0.6) is 0 Å². The summed E-state index contributed by atoms with van der Waals surface area (Å²) in [4.78, 5) is 13.9. The highest BCUT2D eigenvalue weighted by molar-refractivity contribution is 6.30. The first-order chi connectivity index (χ1) is 10.6. The summed E-state index contributed by atoms with van der Waals surface area (Å²) >= 11 is 5.84. The Labute approximate surface area is 136 Å². The Balaban J connectivity index is 1.65. The van der Waals surface area contributed by atoms with E-state index in [1.807, 2.05) is 24.3 Å². The number of amides is 1. The van der Waals surface area contributed by atoms with Crippen molar-refractivity contribution in [3.05, 3.63) is 34.9 Å². The maximum absolute atomic E-state index is 12.2. The molecule has 122 valence electrons. The van der Waals surface area contributed by atoms with Crippen molar-refractivity contribution < 1.29 is 9.90 Å². The van der Waals surface area contributed by atoms with Crippen molar-refractivity contribution in [2.75, 3.05) is 19.6 Å². The summed E-state index contributed by atoms with van der Waals surface area (Å²) in [5.41, 5.74) is 7.12. The molecule has 0 bridgehead atoms. The fourth-order valence-electron chi connectivity index (χ4n) is 2.54. The molecule has 1 aromatic rings. The van der Waals surface area contributed by atoms with Crippen molar-refractivity contribution in [2.45, 2.75) is 38.0 Å². The van der Waals surface area contributed by atoms with Gasteiger partial charge < -0.3 is 21.1 Å². The molecular formula is C16H24ClN3O2. The second kappa shape index (κ2) is 8.48. The van der Waals surface area contributed by atoms with E-state index in [1.54, 1.807) is 4.90 Å². The van der Waals surface area contributed by atoms with Crippen molar-refractivity contribution in [3.8, 4) is 0 Å². The van der Waals surface area contributed by atoms with Crippen molar-refractivity contribution in [2.24, 2.45) is 5.73 Å². The van der Waals surface area contributed by atoms with Crippen LogP contribution < -0.4 is 11.1 Å². The van der Waals surface area contributed by atoms with Gasteiger partial charge in [-0.2, -0.15) is 0 Å². The summed E-state index contributed by atoms with van der Waals surface area (Å²) in [7, 11) is 0. The fraction of sp³-hybridized carbons (Fsp3) is 0.562. The number of rotatable bonds is 6. The number of carbonyl (C=O) groups is 1. The molecule has 1 amide bonds. The molecule has 0 aromatic heterocycles. The minimum absolute atomic E-state index is 0.0137. The van der Waals surface area contributed by atoms with Gasteiger partial charge in [0.2, 0.25) is 5.91 Å². The molecule has 1 saturated heterocycles. The Bertz CT molecular complexity index is 473. The van der Waals surface area contributed by atoms with E-state index in [-0.39, 0.29) is 12.0 Å². The molecule has 0 spiro atoms. The lowest BCUT2D eigenvalue weighted by Gasteiger charge is -2.31. The number of benzene rings is 1. The molecule has 0 unspecified atom stereocenters. The van der Waals surface area contributed by atoms with Crippen molar-refractivity contribution >= 4 is 17.5 Å². The lowest BCUT2D eigenvalue weighted by Crippen LogP contribution is -2.48. The third kappa shape index (κ3) is 5.25. The maximum Gasteiger partial charge on any atom is 0.239 e. The molecule has 1 atom stereocenters. The van der Waals surface area contributed by atoms with Gasteiger partial charge in [0.05, 0.1) is 12.1 Å². The van der Waals surface area contributed by atoms with E-state index in [0.29, 0.717) is 38.9 Å². The lowest BCUT2D eigenvalue weighted by molar-refractivity contribution is -0.134. The Kier molecular flexibility index (Phi) is 6.64. The number of hydrogen-bond donors (Lipinski definition) is 3. The van der Waals surface area contributed by atoms with Gasteiger partial charge in [0, 0.05) is 24.7 Å². The molecule has 6 heteroatoms. The summed E-state index contributed by atoms with van der Waals surface area (Å²) in [5, 5.41) is 13.5. The highest BCUT2D eigenvalue weighted by Gasteiger charge is 2.24. The van der Waals surface area contributed by atoms with E-state index in [4.69, 9.17) is 17.3 Å². The van der Waals surface area contributed by atoms with Gasteiger partial charge in [0.25, 0.3) is 0 Å². The first kappa shape index (κ1) is 17.2. The Hall–Kier alpha value is -1.14. The number of likely N-dealkylation sites (tertiary alicyclic amines) is 1. The van der Waals surface area contributed by atoms with Crippen LogP contribution >= 0.6 is 11.6 Å². The molecule has 0 radical (unpaired) electrons. The third-order valence-corrected chi connectivity index (χ3v) is 4.22. The Morgan fingerprint density at radius 2 is 2.00 bits per heavy atom. The zero-order chi connectivity index (χ0) is 15.9. The van der Waals surface area contributed by atoms with E-state index in [0.717, 1.165) is 17.1 Å². The molecule has 1 aromatic carbocycles. The van der Waals surface area contributed by atoms with Gasteiger partial charge in [-0.15, -0.1) is 0 Å². The average molecular weight is 326 g/mol. The first-order valence-electron chi connectivity index (χ1n) is 7.74. The fourth-order valence-corrected chi connectivity index (χ4v) is 2.66.